The summed E-state index contributed by atoms with van der Waals surface area (Å²) in [5.74, 6) is 0.631. The molecule has 1 aromatic rings. The van der Waals surface area contributed by atoms with Crippen molar-refractivity contribution >= 4 is 5.91 Å². The van der Waals surface area contributed by atoms with Gasteiger partial charge in [0.15, 0.2) is 0 Å². The molecule has 1 amide bonds. The summed E-state index contributed by atoms with van der Waals surface area (Å²) in [6.07, 6.45) is 9.99. The van der Waals surface area contributed by atoms with E-state index >= 15 is 0 Å². The number of hydrogen-bond acceptors (Lipinski definition) is 4. The van der Waals surface area contributed by atoms with Crippen molar-refractivity contribution in [1.29, 1.82) is 0 Å². The molecule has 0 unspecified atom stereocenters. The SMILES string of the molecule is CC=CC(=O)N1CCC(Oc2cnccn2)CC1. The van der Waals surface area contributed by atoms with Gasteiger partial charge in [0.25, 0.3) is 0 Å². The van der Waals surface area contributed by atoms with Gasteiger partial charge in [-0.25, -0.2) is 4.98 Å². The van der Waals surface area contributed by atoms with Gasteiger partial charge < -0.3 is 9.64 Å². The number of hydrogen-bond donors (Lipinski definition) is 0. The highest BCUT2D eigenvalue weighted by Gasteiger charge is 2.22. The molecule has 2 rings (SSSR count). The van der Waals surface area contributed by atoms with E-state index < -0.39 is 0 Å². The minimum Gasteiger partial charge on any atom is -0.473 e. The number of allylic oxidation sites excluding steroid dienone is 1. The van der Waals surface area contributed by atoms with Gasteiger partial charge in [-0.05, 0) is 13.0 Å². The number of aromatic nitrogens is 2. The second-order valence-corrected chi connectivity index (χ2v) is 4.19. The molecule has 1 aromatic heterocycles. The molecule has 18 heavy (non-hydrogen) atoms. The lowest BCUT2D eigenvalue weighted by Crippen LogP contribution is -2.41. The van der Waals surface area contributed by atoms with Gasteiger partial charge >= 0.3 is 0 Å². The summed E-state index contributed by atoms with van der Waals surface area (Å²) in [6.45, 7) is 3.31. The van der Waals surface area contributed by atoms with E-state index in [0.717, 1.165) is 25.9 Å². The topological polar surface area (TPSA) is 55.3 Å². The third kappa shape index (κ3) is 3.29. The second kappa shape index (κ2) is 6.14. The van der Waals surface area contributed by atoms with E-state index in [9.17, 15) is 4.79 Å². The molecule has 0 atom stereocenters. The van der Waals surface area contributed by atoms with Crippen molar-refractivity contribution in [2.45, 2.75) is 25.9 Å². The van der Waals surface area contributed by atoms with Crippen molar-refractivity contribution in [2.75, 3.05) is 13.1 Å². The number of rotatable bonds is 3. The molecule has 0 spiro atoms. The molecule has 1 aliphatic heterocycles. The van der Waals surface area contributed by atoms with Crippen LogP contribution in [-0.2, 0) is 4.79 Å². The van der Waals surface area contributed by atoms with Crippen molar-refractivity contribution in [1.82, 2.24) is 14.9 Å². The zero-order valence-corrected chi connectivity index (χ0v) is 10.5. The van der Waals surface area contributed by atoms with Gasteiger partial charge in [-0.15, -0.1) is 0 Å². The highest BCUT2D eigenvalue weighted by atomic mass is 16.5. The first-order valence-electron chi connectivity index (χ1n) is 6.14. The van der Waals surface area contributed by atoms with Crippen molar-refractivity contribution in [3.63, 3.8) is 0 Å². The van der Waals surface area contributed by atoms with Crippen LogP contribution < -0.4 is 4.74 Å². The fraction of sp³-hybridized carbons (Fsp3) is 0.462. The Kier molecular flexibility index (Phi) is 4.28. The molecule has 5 heteroatoms. The predicted molar refractivity (Wildman–Crippen MR) is 67.1 cm³/mol. The molecule has 1 fully saturated rings. The highest BCUT2D eigenvalue weighted by Crippen LogP contribution is 2.16. The largest absolute Gasteiger partial charge is 0.473 e. The summed E-state index contributed by atoms with van der Waals surface area (Å²) in [7, 11) is 0. The zero-order chi connectivity index (χ0) is 12.8. The van der Waals surface area contributed by atoms with Crippen LogP contribution in [-0.4, -0.2) is 40.0 Å². The smallest absolute Gasteiger partial charge is 0.246 e. The van der Waals surface area contributed by atoms with Crippen LogP contribution >= 0.6 is 0 Å². The minimum atomic E-state index is 0.0791. The monoisotopic (exact) mass is 247 g/mol. The van der Waals surface area contributed by atoms with Crippen LogP contribution in [0.2, 0.25) is 0 Å². The number of carbonyl (C=O) groups excluding carboxylic acids is 1. The van der Waals surface area contributed by atoms with Crippen molar-refractivity contribution in [3.05, 3.63) is 30.7 Å². The van der Waals surface area contributed by atoms with Crippen molar-refractivity contribution in [3.8, 4) is 5.88 Å². The molecule has 0 bridgehead atoms. The Morgan fingerprint density at radius 1 is 1.44 bits per heavy atom. The first-order chi connectivity index (χ1) is 8.79. The van der Waals surface area contributed by atoms with Gasteiger partial charge in [-0.1, -0.05) is 6.08 Å². The maximum atomic E-state index is 11.6. The fourth-order valence-electron chi connectivity index (χ4n) is 1.96. The Hall–Kier alpha value is -1.91. The molecular weight excluding hydrogens is 230 g/mol. The summed E-state index contributed by atoms with van der Waals surface area (Å²) in [5.41, 5.74) is 0. The van der Waals surface area contributed by atoms with Crippen LogP contribution in [0, 0.1) is 0 Å². The predicted octanol–water partition coefficient (Wildman–Crippen LogP) is 1.42. The normalized spacial score (nSPS) is 17.1. The van der Waals surface area contributed by atoms with Crippen molar-refractivity contribution < 1.29 is 9.53 Å². The lowest BCUT2D eigenvalue weighted by molar-refractivity contribution is -0.127. The third-order valence-electron chi connectivity index (χ3n) is 2.89. The van der Waals surface area contributed by atoms with Gasteiger partial charge in [0.05, 0.1) is 6.20 Å². The molecule has 0 aromatic carbocycles. The number of likely N-dealkylation sites (tertiary alicyclic amines) is 1. The number of nitrogens with zero attached hydrogens (tertiary/aromatic N) is 3. The highest BCUT2D eigenvalue weighted by molar-refractivity contribution is 5.87. The lowest BCUT2D eigenvalue weighted by atomic mass is 10.1. The number of carbonyl (C=O) groups is 1. The van der Waals surface area contributed by atoms with Gasteiger partial charge in [0.1, 0.15) is 6.10 Å². The van der Waals surface area contributed by atoms with E-state index in [2.05, 4.69) is 9.97 Å². The van der Waals surface area contributed by atoms with Crippen LogP contribution in [0.4, 0.5) is 0 Å². The molecule has 5 nitrogen and oxygen atoms in total. The van der Waals surface area contributed by atoms with E-state index in [1.54, 1.807) is 30.7 Å². The summed E-state index contributed by atoms with van der Waals surface area (Å²) in [6, 6.07) is 0. The maximum Gasteiger partial charge on any atom is 0.246 e. The van der Waals surface area contributed by atoms with Gasteiger partial charge in [-0.3, -0.25) is 9.78 Å². The summed E-state index contributed by atoms with van der Waals surface area (Å²) >= 11 is 0. The molecule has 1 saturated heterocycles. The quantitative estimate of drug-likeness (QED) is 0.758. The molecule has 0 saturated carbocycles. The molecule has 1 aliphatic rings. The Morgan fingerprint density at radius 2 is 2.22 bits per heavy atom. The molecule has 0 radical (unpaired) electrons. The van der Waals surface area contributed by atoms with Gasteiger partial charge in [0, 0.05) is 38.3 Å². The fourth-order valence-corrected chi connectivity index (χ4v) is 1.96. The van der Waals surface area contributed by atoms with Crippen LogP contribution in [0.3, 0.4) is 0 Å². The van der Waals surface area contributed by atoms with Crippen molar-refractivity contribution in [2.24, 2.45) is 0 Å². The average molecular weight is 247 g/mol. The van der Waals surface area contributed by atoms with Gasteiger partial charge in [-0.2, -0.15) is 0 Å². The minimum absolute atomic E-state index is 0.0791. The molecule has 0 aliphatic carbocycles. The maximum absolute atomic E-state index is 11.6. The van der Waals surface area contributed by atoms with Crippen LogP contribution in [0.1, 0.15) is 19.8 Å². The van der Waals surface area contributed by atoms with Crippen LogP contribution in [0.15, 0.2) is 30.7 Å². The summed E-state index contributed by atoms with van der Waals surface area (Å²) in [5, 5.41) is 0. The van der Waals surface area contributed by atoms with Crippen LogP contribution in [0.25, 0.3) is 0 Å². The average Bonchev–Trinajstić information content (AvgIpc) is 2.41. The van der Waals surface area contributed by atoms with E-state index in [4.69, 9.17) is 4.74 Å². The Balaban J connectivity index is 1.82. The summed E-state index contributed by atoms with van der Waals surface area (Å²) < 4.78 is 5.71. The first kappa shape index (κ1) is 12.5. The van der Waals surface area contributed by atoms with E-state index in [1.807, 2.05) is 11.8 Å². The lowest BCUT2D eigenvalue weighted by Gasteiger charge is -2.31. The Labute approximate surface area is 106 Å². The van der Waals surface area contributed by atoms with Crippen LogP contribution in [0.5, 0.6) is 5.88 Å². The zero-order valence-electron chi connectivity index (χ0n) is 10.5. The van der Waals surface area contributed by atoms with Gasteiger partial charge in [0.2, 0.25) is 11.8 Å². The number of amides is 1. The standard InChI is InChI=1S/C13H17N3O2/c1-2-3-13(17)16-8-4-11(5-9-16)18-12-10-14-6-7-15-12/h2-3,6-7,10-11H,4-5,8-9H2,1H3. The number of ether oxygens (including phenoxy) is 1. The number of piperidine rings is 1. The molecule has 96 valence electrons. The van der Waals surface area contributed by atoms with E-state index in [-0.39, 0.29) is 12.0 Å². The molecule has 2 heterocycles. The molecule has 0 N–H and O–H groups in total. The third-order valence-corrected chi connectivity index (χ3v) is 2.89. The van der Waals surface area contributed by atoms with E-state index in [1.165, 1.54) is 0 Å². The van der Waals surface area contributed by atoms with E-state index in [0.29, 0.717) is 5.88 Å². The first-order valence-corrected chi connectivity index (χ1v) is 6.14. The summed E-state index contributed by atoms with van der Waals surface area (Å²) in [4.78, 5) is 21.5. The molecular formula is C13H17N3O2. The Bertz CT molecular complexity index is 412. The Morgan fingerprint density at radius 3 is 2.83 bits per heavy atom. The second-order valence-electron chi connectivity index (χ2n) is 4.19.